The Morgan fingerprint density at radius 2 is 2.19 bits per heavy atom. The van der Waals surface area contributed by atoms with Gasteiger partial charge in [-0.15, -0.1) is 0 Å². The Kier molecular flexibility index (Phi) is 3.41. The van der Waals surface area contributed by atoms with E-state index in [4.69, 9.17) is 4.42 Å². The van der Waals surface area contributed by atoms with Crippen LogP contribution >= 0.6 is 0 Å². The van der Waals surface area contributed by atoms with Crippen molar-refractivity contribution in [2.75, 3.05) is 0 Å². The summed E-state index contributed by atoms with van der Waals surface area (Å²) >= 11 is 0. The van der Waals surface area contributed by atoms with E-state index in [1.807, 2.05) is 13.0 Å². The van der Waals surface area contributed by atoms with E-state index in [2.05, 4.69) is 5.32 Å². The molecule has 2 aromatic heterocycles. The first-order valence-corrected chi connectivity index (χ1v) is 7.11. The predicted octanol–water partition coefficient (Wildman–Crippen LogP) is 2.32. The van der Waals surface area contributed by atoms with Crippen molar-refractivity contribution in [3.05, 3.63) is 57.4 Å². The number of hydrogen-bond donors (Lipinski definition) is 1. The van der Waals surface area contributed by atoms with E-state index in [-0.39, 0.29) is 29.6 Å². The second kappa shape index (κ2) is 5.24. The Labute approximate surface area is 122 Å². The molecule has 0 bridgehead atoms. The molecule has 110 valence electrons. The fraction of sp³-hybridized carbons (Fsp3) is 0.375. The molecule has 5 nitrogen and oxygen atoms in total. The number of amides is 1. The molecular formula is C16H18N2O3. The molecule has 1 aliphatic rings. The minimum atomic E-state index is -0.344. The van der Waals surface area contributed by atoms with Crippen molar-refractivity contribution < 1.29 is 9.21 Å². The van der Waals surface area contributed by atoms with Crippen molar-refractivity contribution in [2.45, 2.75) is 39.3 Å². The molecule has 1 saturated carbocycles. The summed E-state index contributed by atoms with van der Waals surface area (Å²) in [6, 6.07) is 5.71. The number of hydrogen-bond acceptors (Lipinski definition) is 3. The number of rotatable bonds is 4. The largest absolute Gasteiger partial charge is 0.467 e. The minimum Gasteiger partial charge on any atom is -0.467 e. The van der Waals surface area contributed by atoms with Gasteiger partial charge in [0.05, 0.1) is 12.8 Å². The first-order valence-electron chi connectivity index (χ1n) is 7.11. The molecule has 1 fully saturated rings. The van der Waals surface area contributed by atoms with Crippen LogP contribution in [0.1, 0.15) is 46.3 Å². The third kappa shape index (κ3) is 2.63. The van der Waals surface area contributed by atoms with Crippen molar-refractivity contribution >= 4 is 5.91 Å². The van der Waals surface area contributed by atoms with Gasteiger partial charge >= 0.3 is 0 Å². The van der Waals surface area contributed by atoms with Crippen LogP contribution in [0.2, 0.25) is 0 Å². The van der Waals surface area contributed by atoms with Gasteiger partial charge in [-0.3, -0.25) is 9.59 Å². The van der Waals surface area contributed by atoms with Crippen molar-refractivity contribution in [3.63, 3.8) is 0 Å². The van der Waals surface area contributed by atoms with Crippen molar-refractivity contribution in [1.82, 2.24) is 9.88 Å². The maximum Gasteiger partial charge on any atom is 0.264 e. The van der Waals surface area contributed by atoms with Crippen molar-refractivity contribution in [3.8, 4) is 0 Å². The summed E-state index contributed by atoms with van der Waals surface area (Å²) in [5.74, 6) is 0.318. The number of carbonyl (C=O) groups excluding carboxylic acids is 1. The van der Waals surface area contributed by atoms with Gasteiger partial charge in [0.25, 0.3) is 11.5 Å². The summed E-state index contributed by atoms with van der Waals surface area (Å²) in [5.41, 5.74) is 1.68. The molecule has 5 heteroatoms. The first kappa shape index (κ1) is 13.7. The lowest BCUT2D eigenvalue weighted by Crippen LogP contribution is -2.34. The number of carbonyl (C=O) groups is 1. The summed E-state index contributed by atoms with van der Waals surface area (Å²) in [6.45, 7) is 3.99. The Bertz CT molecular complexity index is 725. The zero-order valence-corrected chi connectivity index (χ0v) is 12.2. The van der Waals surface area contributed by atoms with E-state index < -0.39 is 0 Å². The van der Waals surface area contributed by atoms with Gasteiger partial charge in [0.1, 0.15) is 11.3 Å². The average Bonchev–Trinajstić information content (AvgIpc) is 3.11. The highest BCUT2D eigenvalue weighted by atomic mass is 16.3. The summed E-state index contributed by atoms with van der Waals surface area (Å²) in [7, 11) is 0. The van der Waals surface area contributed by atoms with Crippen molar-refractivity contribution in [2.24, 2.45) is 0 Å². The van der Waals surface area contributed by atoms with E-state index >= 15 is 0 Å². The fourth-order valence-electron chi connectivity index (χ4n) is 2.64. The summed E-state index contributed by atoms with van der Waals surface area (Å²) < 4.78 is 6.92. The molecule has 0 unspecified atom stereocenters. The van der Waals surface area contributed by atoms with Crippen LogP contribution in [0, 0.1) is 13.8 Å². The lowest BCUT2D eigenvalue weighted by molar-refractivity contribution is 0.0945. The van der Waals surface area contributed by atoms with E-state index in [0.717, 1.165) is 18.5 Å². The molecule has 2 heterocycles. The van der Waals surface area contributed by atoms with Crippen molar-refractivity contribution in [1.29, 1.82) is 0 Å². The van der Waals surface area contributed by atoms with Crippen LogP contribution in [-0.2, 0) is 6.54 Å². The third-order valence-corrected chi connectivity index (χ3v) is 3.77. The Morgan fingerprint density at radius 1 is 1.43 bits per heavy atom. The Balaban J connectivity index is 1.88. The Hall–Kier alpha value is -2.30. The number of furan rings is 1. The molecule has 0 atom stereocenters. The van der Waals surface area contributed by atoms with Gasteiger partial charge in [-0.25, -0.2) is 0 Å². The summed E-state index contributed by atoms with van der Waals surface area (Å²) in [5, 5.41) is 2.74. The van der Waals surface area contributed by atoms with Gasteiger partial charge in [0.2, 0.25) is 0 Å². The monoisotopic (exact) mass is 286 g/mol. The van der Waals surface area contributed by atoms with Crippen LogP contribution in [0.15, 0.2) is 33.7 Å². The third-order valence-electron chi connectivity index (χ3n) is 3.77. The number of aromatic nitrogens is 1. The molecule has 1 N–H and O–H groups in total. The lowest BCUT2D eigenvalue weighted by Gasteiger charge is -2.13. The molecule has 3 rings (SSSR count). The molecular weight excluding hydrogens is 268 g/mol. The van der Waals surface area contributed by atoms with E-state index in [1.54, 1.807) is 29.9 Å². The predicted molar refractivity (Wildman–Crippen MR) is 78.3 cm³/mol. The average molecular weight is 286 g/mol. The highest BCUT2D eigenvalue weighted by molar-refractivity contribution is 5.95. The number of nitrogens with zero attached hydrogens (tertiary/aromatic N) is 1. The van der Waals surface area contributed by atoms with Gasteiger partial charge < -0.3 is 14.3 Å². The molecule has 1 aliphatic carbocycles. The van der Waals surface area contributed by atoms with Crippen LogP contribution < -0.4 is 10.9 Å². The van der Waals surface area contributed by atoms with Gasteiger partial charge in [0.15, 0.2) is 0 Å². The summed E-state index contributed by atoms with van der Waals surface area (Å²) in [6.07, 6.45) is 3.58. The van der Waals surface area contributed by atoms with Crippen LogP contribution in [0.25, 0.3) is 0 Å². The molecule has 0 aliphatic heterocycles. The van der Waals surface area contributed by atoms with Gasteiger partial charge in [-0.05, 0) is 50.5 Å². The number of pyridine rings is 1. The SMILES string of the molecule is Cc1cc(C)n(C2CC2)c(=O)c1C(=O)NCc1ccco1. The highest BCUT2D eigenvalue weighted by Gasteiger charge is 2.28. The number of aryl methyl sites for hydroxylation is 2. The van der Waals surface area contributed by atoms with Crippen LogP contribution in [-0.4, -0.2) is 10.5 Å². The molecule has 0 aromatic carbocycles. The Morgan fingerprint density at radius 3 is 2.81 bits per heavy atom. The molecule has 2 aromatic rings. The zero-order chi connectivity index (χ0) is 15.0. The maximum atomic E-state index is 12.6. The fourth-order valence-corrected chi connectivity index (χ4v) is 2.64. The second-order valence-corrected chi connectivity index (χ2v) is 5.51. The van der Waals surface area contributed by atoms with Gasteiger partial charge in [-0.1, -0.05) is 0 Å². The molecule has 21 heavy (non-hydrogen) atoms. The van der Waals surface area contributed by atoms with Gasteiger partial charge in [0, 0.05) is 11.7 Å². The molecule has 0 spiro atoms. The second-order valence-electron chi connectivity index (χ2n) is 5.51. The topological polar surface area (TPSA) is 64.2 Å². The molecule has 1 amide bonds. The van der Waals surface area contributed by atoms with E-state index in [9.17, 15) is 9.59 Å². The first-order chi connectivity index (χ1) is 10.1. The smallest absolute Gasteiger partial charge is 0.264 e. The lowest BCUT2D eigenvalue weighted by atomic mass is 10.1. The summed E-state index contributed by atoms with van der Waals surface area (Å²) in [4.78, 5) is 24.9. The van der Waals surface area contributed by atoms with E-state index in [0.29, 0.717) is 11.3 Å². The van der Waals surface area contributed by atoms with E-state index in [1.165, 1.54) is 0 Å². The van der Waals surface area contributed by atoms with Crippen LogP contribution in [0.3, 0.4) is 0 Å². The van der Waals surface area contributed by atoms with Crippen LogP contribution in [0.4, 0.5) is 0 Å². The standard InChI is InChI=1S/C16H18N2O3/c1-10-8-11(2)18(12-5-6-12)16(20)14(10)15(19)17-9-13-4-3-7-21-13/h3-4,7-8,12H,5-6,9H2,1-2H3,(H,17,19). The molecule has 0 saturated heterocycles. The normalized spacial score (nSPS) is 14.2. The minimum absolute atomic E-state index is 0.188. The number of nitrogens with one attached hydrogen (secondary N) is 1. The quantitative estimate of drug-likeness (QED) is 0.938. The zero-order valence-electron chi connectivity index (χ0n) is 12.2. The van der Waals surface area contributed by atoms with Crippen LogP contribution in [0.5, 0.6) is 0 Å². The maximum absolute atomic E-state index is 12.6. The molecule has 0 radical (unpaired) electrons. The highest BCUT2D eigenvalue weighted by Crippen LogP contribution is 2.34. The van der Waals surface area contributed by atoms with Gasteiger partial charge in [-0.2, -0.15) is 0 Å².